The van der Waals surface area contributed by atoms with Crippen molar-refractivity contribution in [2.24, 2.45) is 10.2 Å². The summed E-state index contributed by atoms with van der Waals surface area (Å²) in [5, 5.41) is 16.0. The van der Waals surface area contributed by atoms with Crippen molar-refractivity contribution in [2.45, 2.75) is 11.9 Å². The minimum atomic E-state index is -0.779. The van der Waals surface area contributed by atoms with E-state index >= 15 is 0 Å². The summed E-state index contributed by atoms with van der Waals surface area (Å²) >= 11 is 1.73. The predicted octanol–water partition coefficient (Wildman–Crippen LogP) is 7.99. The number of fused-ring (bicyclic) bond motifs is 2. The van der Waals surface area contributed by atoms with Gasteiger partial charge in [-0.05, 0) is 43.0 Å². The van der Waals surface area contributed by atoms with Crippen LogP contribution in [0.3, 0.4) is 0 Å². The fourth-order valence-corrected chi connectivity index (χ4v) is 6.59. The number of nitrogens with zero attached hydrogens (tertiary/aromatic N) is 4. The Morgan fingerprint density at radius 3 is 1.72 bits per heavy atom. The van der Waals surface area contributed by atoms with Crippen LogP contribution in [-0.2, 0) is 4.99 Å². The average molecular weight is 523 g/mol. The fourth-order valence-electron chi connectivity index (χ4n) is 5.19. The summed E-state index contributed by atoms with van der Waals surface area (Å²) in [5.41, 5.74) is 8.58. The van der Waals surface area contributed by atoms with Crippen molar-refractivity contribution in [3.63, 3.8) is 0 Å². The lowest BCUT2D eigenvalue weighted by molar-refractivity contribution is 0.550. The minimum Gasteiger partial charge on any atom is -0.223 e. The van der Waals surface area contributed by atoms with Gasteiger partial charge >= 0.3 is 0 Å². The van der Waals surface area contributed by atoms with E-state index in [1.165, 1.54) is 5.56 Å². The van der Waals surface area contributed by atoms with E-state index < -0.39 is 4.99 Å². The molecule has 0 saturated heterocycles. The standard InChI is InChI=1S/C34H26N4S/c1-25-21-23-26(24-22-25)32-30-19-11-12-20-31(30)34(37(35-32)28-15-7-3-8-16-28)38(29-17-9-4-10-18-29)36-33(39-34)27-13-5-2-6-14-27/h2-24H,1H3/t34-/m1/s1. The van der Waals surface area contributed by atoms with Crippen molar-refractivity contribution in [3.8, 4) is 0 Å². The maximum absolute atomic E-state index is 5.45. The Kier molecular flexibility index (Phi) is 5.79. The molecule has 0 N–H and O–H groups in total. The third-order valence-electron chi connectivity index (χ3n) is 7.08. The number of para-hydroxylation sites is 2. The molecule has 0 saturated carbocycles. The van der Waals surface area contributed by atoms with Crippen LogP contribution in [0.25, 0.3) is 0 Å². The molecule has 188 valence electrons. The molecule has 0 fully saturated rings. The highest BCUT2D eigenvalue weighted by Gasteiger charge is 2.55. The van der Waals surface area contributed by atoms with Crippen LogP contribution >= 0.6 is 11.8 Å². The van der Waals surface area contributed by atoms with Crippen LogP contribution in [0.2, 0.25) is 0 Å². The number of thioether (sulfide) groups is 1. The lowest BCUT2D eigenvalue weighted by Gasteiger charge is -2.47. The number of hydrogen-bond donors (Lipinski definition) is 0. The van der Waals surface area contributed by atoms with Crippen LogP contribution in [0.1, 0.15) is 27.8 Å². The van der Waals surface area contributed by atoms with Gasteiger partial charge in [-0.1, -0.05) is 121 Å². The third kappa shape index (κ3) is 3.94. The maximum atomic E-state index is 5.45. The van der Waals surface area contributed by atoms with Crippen LogP contribution in [0.15, 0.2) is 150 Å². The van der Waals surface area contributed by atoms with Gasteiger partial charge in [0.1, 0.15) is 5.04 Å². The molecular formula is C34H26N4S. The van der Waals surface area contributed by atoms with E-state index in [9.17, 15) is 0 Å². The first-order valence-electron chi connectivity index (χ1n) is 13.0. The molecule has 2 heterocycles. The van der Waals surface area contributed by atoms with Crippen molar-refractivity contribution in [2.75, 3.05) is 10.0 Å². The Morgan fingerprint density at radius 2 is 1.08 bits per heavy atom. The lowest BCUT2D eigenvalue weighted by Crippen LogP contribution is -2.54. The molecule has 5 aromatic carbocycles. The number of hydrogen-bond acceptors (Lipinski definition) is 5. The largest absolute Gasteiger partial charge is 0.234 e. The van der Waals surface area contributed by atoms with Gasteiger partial charge in [0.05, 0.1) is 17.1 Å². The first-order chi connectivity index (χ1) is 19.2. The third-order valence-corrected chi connectivity index (χ3v) is 8.45. The highest BCUT2D eigenvalue weighted by Crippen LogP contribution is 2.55. The summed E-state index contributed by atoms with van der Waals surface area (Å²) in [7, 11) is 0. The van der Waals surface area contributed by atoms with Gasteiger partial charge in [-0.15, -0.1) is 0 Å². The van der Waals surface area contributed by atoms with E-state index in [4.69, 9.17) is 10.2 Å². The maximum Gasteiger partial charge on any atom is 0.234 e. The second kappa shape index (κ2) is 9.61. The first kappa shape index (κ1) is 23.5. The molecule has 2 aliphatic rings. The molecule has 4 nitrogen and oxygen atoms in total. The molecule has 2 aliphatic heterocycles. The molecule has 5 heteroatoms. The lowest BCUT2D eigenvalue weighted by atomic mass is 9.93. The SMILES string of the molecule is Cc1ccc(C2=NN(c3ccccc3)[C@]3(SC(c4ccccc4)=NN3c3ccccc3)c3ccccc32)cc1. The molecular weight excluding hydrogens is 496 g/mol. The second-order valence-corrected chi connectivity index (χ2v) is 10.8. The number of rotatable bonds is 4. The molecule has 7 rings (SSSR count). The molecule has 0 unspecified atom stereocenters. The molecule has 39 heavy (non-hydrogen) atoms. The molecule has 0 amide bonds. The van der Waals surface area contributed by atoms with Crippen LogP contribution < -0.4 is 10.0 Å². The zero-order valence-corrected chi connectivity index (χ0v) is 22.3. The summed E-state index contributed by atoms with van der Waals surface area (Å²) in [6, 6.07) is 48.5. The van der Waals surface area contributed by atoms with Crippen molar-refractivity contribution >= 4 is 33.9 Å². The van der Waals surface area contributed by atoms with Gasteiger partial charge in [-0.25, -0.2) is 10.0 Å². The highest BCUT2D eigenvalue weighted by atomic mass is 32.2. The van der Waals surface area contributed by atoms with E-state index in [2.05, 4.69) is 138 Å². The van der Waals surface area contributed by atoms with Crippen LogP contribution in [0.4, 0.5) is 11.4 Å². The molecule has 0 aromatic heterocycles. The molecule has 0 bridgehead atoms. The summed E-state index contributed by atoms with van der Waals surface area (Å²) in [6.45, 7) is 2.11. The number of anilines is 2. The summed E-state index contributed by atoms with van der Waals surface area (Å²) in [6.07, 6.45) is 0. The van der Waals surface area contributed by atoms with Crippen LogP contribution in [0, 0.1) is 6.92 Å². The van der Waals surface area contributed by atoms with E-state index in [1.807, 2.05) is 18.2 Å². The quantitative estimate of drug-likeness (QED) is 0.240. The van der Waals surface area contributed by atoms with E-state index in [0.717, 1.165) is 44.4 Å². The van der Waals surface area contributed by atoms with Gasteiger partial charge in [-0.2, -0.15) is 10.2 Å². The monoisotopic (exact) mass is 522 g/mol. The number of hydrazone groups is 2. The van der Waals surface area contributed by atoms with E-state index in [0.29, 0.717) is 0 Å². The Balaban J connectivity index is 1.52. The Labute approximate surface area is 232 Å². The normalized spacial score (nSPS) is 18.1. The van der Waals surface area contributed by atoms with Gasteiger partial charge in [0, 0.05) is 22.3 Å². The highest BCUT2D eigenvalue weighted by molar-refractivity contribution is 8.15. The Hall–Kier alpha value is -4.61. The second-order valence-electron chi connectivity index (χ2n) is 9.64. The Bertz CT molecular complexity index is 1680. The van der Waals surface area contributed by atoms with Crippen LogP contribution in [-0.4, -0.2) is 10.8 Å². The van der Waals surface area contributed by atoms with E-state index in [-0.39, 0.29) is 0 Å². The van der Waals surface area contributed by atoms with Gasteiger partial charge in [-0.3, -0.25) is 0 Å². The minimum absolute atomic E-state index is 0.779. The molecule has 0 radical (unpaired) electrons. The average Bonchev–Trinajstić information content (AvgIpc) is 3.40. The van der Waals surface area contributed by atoms with Gasteiger partial charge in [0.2, 0.25) is 4.99 Å². The summed E-state index contributed by atoms with van der Waals surface area (Å²) < 4.78 is 0. The van der Waals surface area contributed by atoms with Gasteiger partial charge < -0.3 is 0 Å². The van der Waals surface area contributed by atoms with Crippen LogP contribution in [0.5, 0.6) is 0 Å². The predicted molar refractivity (Wildman–Crippen MR) is 163 cm³/mol. The summed E-state index contributed by atoms with van der Waals surface area (Å²) in [5.74, 6) is 0. The smallest absolute Gasteiger partial charge is 0.223 e. The number of benzene rings is 5. The van der Waals surface area contributed by atoms with E-state index in [1.54, 1.807) is 11.8 Å². The molecule has 1 spiro atoms. The molecule has 0 aliphatic carbocycles. The van der Waals surface area contributed by atoms with Crippen molar-refractivity contribution in [1.29, 1.82) is 0 Å². The fraction of sp³-hybridized carbons (Fsp3) is 0.0588. The Morgan fingerprint density at radius 1 is 0.538 bits per heavy atom. The summed E-state index contributed by atoms with van der Waals surface area (Å²) in [4.78, 5) is -0.779. The van der Waals surface area contributed by atoms with Crippen molar-refractivity contribution in [1.82, 2.24) is 0 Å². The molecule has 1 atom stereocenters. The van der Waals surface area contributed by atoms with Gasteiger partial charge in [0.15, 0.2) is 0 Å². The first-order valence-corrected chi connectivity index (χ1v) is 13.8. The van der Waals surface area contributed by atoms with Gasteiger partial charge in [0.25, 0.3) is 0 Å². The van der Waals surface area contributed by atoms with Crippen molar-refractivity contribution < 1.29 is 0 Å². The van der Waals surface area contributed by atoms with Crippen molar-refractivity contribution in [3.05, 3.63) is 167 Å². The number of aryl methyl sites for hydroxylation is 1. The zero-order chi connectivity index (χ0) is 26.2. The zero-order valence-electron chi connectivity index (χ0n) is 21.5. The molecule has 5 aromatic rings. The topological polar surface area (TPSA) is 31.2 Å².